The Kier molecular flexibility index (Phi) is 19.3. The first-order valence-electron chi connectivity index (χ1n) is 28.3. The minimum absolute atomic E-state index is 0.412. The fraction of sp³-hybridized carbons (Fsp3) is 0.429. The van der Waals surface area contributed by atoms with Crippen LogP contribution in [0.4, 0.5) is 0 Å². The molecule has 0 unspecified atom stereocenters. The second-order valence-corrected chi connectivity index (χ2v) is 24.6. The number of ether oxygens (including phenoxy) is 4. The van der Waals surface area contributed by atoms with Gasteiger partial charge in [0.15, 0.2) is 0 Å². The van der Waals surface area contributed by atoms with Crippen molar-refractivity contribution in [3.63, 3.8) is 0 Å². The smallest absolute Gasteiger partial charge is 0.355 e. The van der Waals surface area contributed by atoms with Crippen LogP contribution in [0.3, 0.4) is 0 Å². The number of hydrogen-bond acceptors (Lipinski definition) is 8. The van der Waals surface area contributed by atoms with Crippen LogP contribution >= 0.6 is 0 Å². The van der Waals surface area contributed by atoms with Crippen LogP contribution in [0.15, 0.2) is 48.5 Å². The van der Waals surface area contributed by atoms with E-state index in [2.05, 4.69) is 67.3 Å². The summed E-state index contributed by atoms with van der Waals surface area (Å²) in [6, 6.07) is 15.7. The maximum Gasteiger partial charge on any atom is 0.355 e. The van der Waals surface area contributed by atoms with Gasteiger partial charge in [-0.25, -0.2) is 19.2 Å². The van der Waals surface area contributed by atoms with Gasteiger partial charge in [-0.15, -0.1) is 0 Å². The molecule has 2 aromatic carbocycles. The summed E-state index contributed by atoms with van der Waals surface area (Å²) in [6.07, 6.45) is 2.41. The zero-order valence-electron chi connectivity index (χ0n) is 51.9. The zero-order valence-corrected chi connectivity index (χ0v) is 51.9. The molecule has 0 bridgehead atoms. The van der Waals surface area contributed by atoms with Gasteiger partial charge >= 0.3 is 23.9 Å². The molecule has 12 heteroatoms. The van der Waals surface area contributed by atoms with Crippen molar-refractivity contribution in [1.82, 2.24) is 19.9 Å². The number of H-pyrrole nitrogens is 4. The second kappa shape index (κ2) is 25.2. The maximum atomic E-state index is 13.6. The summed E-state index contributed by atoms with van der Waals surface area (Å²) in [5.74, 6) is 20.7. The Bertz CT molecular complexity index is 3240. The molecule has 12 nitrogen and oxygen atoms in total. The molecular formula is C70H82N4O8. The number of nitrogens with one attached hydrogen (secondary N) is 4. The molecule has 6 aromatic rings. The van der Waals surface area contributed by atoms with Gasteiger partial charge in [-0.2, -0.15) is 0 Å². The lowest BCUT2D eigenvalue weighted by Crippen LogP contribution is -2.25. The number of benzene rings is 2. The van der Waals surface area contributed by atoms with Crippen LogP contribution in [0.2, 0.25) is 0 Å². The minimum Gasteiger partial charge on any atom is -0.455 e. The van der Waals surface area contributed by atoms with Gasteiger partial charge in [-0.1, -0.05) is 63.8 Å². The fourth-order valence-electron chi connectivity index (χ4n) is 10.4. The molecule has 82 heavy (non-hydrogen) atoms. The van der Waals surface area contributed by atoms with E-state index < -0.39 is 58.1 Å². The van der Waals surface area contributed by atoms with Gasteiger partial charge in [0.05, 0.1) is 11.8 Å². The summed E-state index contributed by atoms with van der Waals surface area (Å²) >= 11 is 0. The van der Waals surface area contributed by atoms with Gasteiger partial charge in [0.1, 0.15) is 45.2 Å². The van der Waals surface area contributed by atoms with Crippen molar-refractivity contribution in [2.45, 2.75) is 198 Å². The second-order valence-electron chi connectivity index (χ2n) is 24.6. The van der Waals surface area contributed by atoms with Crippen LogP contribution < -0.4 is 0 Å². The summed E-state index contributed by atoms with van der Waals surface area (Å²) in [4.78, 5) is 68.5. The van der Waals surface area contributed by atoms with Crippen LogP contribution in [0.5, 0.6) is 0 Å². The summed E-state index contributed by atoms with van der Waals surface area (Å²) in [5, 5.41) is 0. The van der Waals surface area contributed by atoms with Gasteiger partial charge < -0.3 is 38.9 Å². The van der Waals surface area contributed by atoms with E-state index in [1.54, 1.807) is 0 Å². The van der Waals surface area contributed by atoms with Crippen molar-refractivity contribution in [2.75, 3.05) is 0 Å². The highest BCUT2D eigenvalue weighted by molar-refractivity contribution is 5.93. The van der Waals surface area contributed by atoms with Crippen molar-refractivity contribution in [2.24, 2.45) is 0 Å². The number of aromatic amines is 4. The fourth-order valence-corrected chi connectivity index (χ4v) is 10.4. The topological polar surface area (TPSA) is 168 Å². The number of esters is 4. The molecule has 0 spiro atoms. The number of rotatable bonds is 14. The van der Waals surface area contributed by atoms with Crippen molar-refractivity contribution < 1.29 is 38.1 Å². The van der Waals surface area contributed by atoms with E-state index in [-0.39, 0.29) is 0 Å². The Balaban J connectivity index is 1.29. The molecule has 430 valence electrons. The van der Waals surface area contributed by atoms with E-state index in [1.807, 2.05) is 187 Å². The van der Waals surface area contributed by atoms with E-state index in [0.717, 1.165) is 89.5 Å². The van der Waals surface area contributed by atoms with Crippen LogP contribution in [0, 0.1) is 75.1 Å². The highest BCUT2D eigenvalue weighted by Crippen LogP contribution is 2.41. The van der Waals surface area contributed by atoms with Gasteiger partial charge in [-0.3, -0.25) is 0 Å². The third-order valence-corrected chi connectivity index (χ3v) is 13.9. The van der Waals surface area contributed by atoms with E-state index in [1.165, 1.54) is 0 Å². The highest BCUT2D eigenvalue weighted by atomic mass is 16.6. The molecule has 4 heterocycles. The molecule has 0 fully saturated rings. The Morgan fingerprint density at radius 2 is 0.573 bits per heavy atom. The largest absolute Gasteiger partial charge is 0.455 e. The van der Waals surface area contributed by atoms with Gasteiger partial charge in [0.2, 0.25) is 0 Å². The minimum atomic E-state index is -0.691. The number of aromatic nitrogens is 4. The molecular weight excluding hydrogens is 1020 g/mol. The van der Waals surface area contributed by atoms with Crippen LogP contribution in [-0.4, -0.2) is 66.2 Å². The van der Waals surface area contributed by atoms with Gasteiger partial charge in [0, 0.05) is 33.9 Å². The number of carbonyl (C=O) groups excluding carboxylic acids is 4. The summed E-state index contributed by atoms with van der Waals surface area (Å²) < 4.78 is 23.4. The van der Waals surface area contributed by atoms with Gasteiger partial charge in [-0.05, 0) is 252 Å². The zero-order chi connectivity index (χ0) is 60.8. The van der Waals surface area contributed by atoms with Crippen LogP contribution in [0.1, 0.15) is 254 Å². The predicted molar refractivity (Wildman–Crippen MR) is 324 cm³/mol. The lowest BCUT2D eigenvalue weighted by Gasteiger charge is -2.20. The molecule has 0 saturated carbocycles. The van der Waals surface area contributed by atoms with Crippen LogP contribution in [0.25, 0.3) is 0 Å². The van der Waals surface area contributed by atoms with Gasteiger partial charge in [0.25, 0.3) is 0 Å². The average molecular weight is 1110 g/mol. The molecule has 0 aliphatic rings. The monoisotopic (exact) mass is 1110 g/mol. The SMILES string of the molecule is CCc1c(C(=O)OC(C)(C)C)[nH]c(C(c2ccc(C#CC#CC#CC#Cc3ccc(C(c4[nH]c(C(=O)OC(C)(C)C)c(CC)c4C)c4[nH]c(C(=O)OC(C)(C)C)c(CC)c4C)cc3)cc2)c2[nH]c(C(=O)OC(C)(C)C)c(CC)c2C)c1C. The molecule has 0 aliphatic carbocycles. The predicted octanol–water partition coefficient (Wildman–Crippen LogP) is 14.1. The number of carbonyl (C=O) groups is 4. The summed E-state index contributed by atoms with van der Waals surface area (Å²) in [6.45, 7) is 38.3. The average Bonchev–Trinajstić information content (AvgIpc) is 4.33. The Hall–Kier alpha value is -8.32. The first kappa shape index (κ1) is 62.9. The molecule has 0 saturated heterocycles. The summed E-state index contributed by atoms with van der Waals surface area (Å²) in [7, 11) is 0. The maximum absolute atomic E-state index is 13.6. The van der Waals surface area contributed by atoms with Crippen molar-refractivity contribution in [3.8, 4) is 47.4 Å². The summed E-state index contributed by atoms with van der Waals surface area (Å²) in [5.41, 5.74) is 12.6. The Morgan fingerprint density at radius 3 is 0.768 bits per heavy atom. The third kappa shape index (κ3) is 15.0. The van der Waals surface area contributed by atoms with E-state index >= 15 is 0 Å². The third-order valence-electron chi connectivity index (χ3n) is 13.9. The first-order chi connectivity index (χ1) is 38.3. The quantitative estimate of drug-likeness (QED) is 0.0475. The Labute approximate surface area is 486 Å². The molecule has 6 rings (SSSR count). The number of hydrogen-bond donors (Lipinski definition) is 4. The van der Waals surface area contributed by atoms with Crippen molar-refractivity contribution in [3.05, 3.63) is 161 Å². The normalized spacial score (nSPS) is 11.6. The van der Waals surface area contributed by atoms with Crippen molar-refractivity contribution >= 4 is 23.9 Å². The first-order valence-corrected chi connectivity index (χ1v) is 28.3. The molecule has 0 amide bonds. The molecule has 4 N–H and O–H groups in total. The highest BCUT2D eigenvalue weighted by Gasteiger charge is 2.35. The van der Waals surface area contributed by atoms with E-state index in [0.29, 0.717) is 48.5 Å². The van der Waals surface area contributed by atoms with E-state index in [4.69, 9.17) is 18.9 Å². The molecule has 4 aromatic heterocycles. The molecule has 0 radical (unpaired) electrons. The molecule has 0 atom stereocenters. The lowest BCUT2D eigenvalue weighted by molar-refractivity contribution is 0.00496. The van der Waals surface area contributed by atoms with Crippen LogP contribution in [-0.2, 0) is 44.6 Å². The Morgan fingerprint density at radius 1 is 0.366 bits per heavy atom. The molecule has 0 aliphatic heterocycles. The van der Waals surface area contributed by atoms with Crippen molar-refractivity contribution in [1.29, 1.82) is 0 Å². The standard InChI is InChI=1S/C70H82N4O8/c1-21-49-41(5)55(71-59(49)63(75)79-67(9,10)11)53(56-42(6)50(22-2)60(72-56)64(76)80-68(12,13)14)47-37-33-45(34-38-47)31-29-27-25-26-28-30-32-46-35-39-48(40-36-46)54(57-43(7)51(23-3)61(73-57)65(77)81-69(15,16)17)58-44(8)52(24-4)62(74-58)66(78)82-70(18,19)20/h33-40,53-54,71-74H,21-24H2,1-20H3. The lowest BCUT2D eigenvalue weighted by atomic mass is 9.87. The van der Waals surface area contributed by atoms with E-state index in [9.17, 15) is 19.2 Å².